The number of esters is 1. The van der Waals surface area contributed by atoms with Crippen molar-refractivity contribution >= 4 is 29.2 Å². The minimum atomic E-state index is -2.99. The Hall–Kier alpha value is -2.16. The molecule has 2 aliphatic rings. The molecule has 0 spiro atoms. The Kier molecular flexibility index (Phi) is 7.88. The molecule has 2 atom stereocenters. The summed E-state index contributed by atoms with van der Waals surface area (Å²) in [6.07, 6.45) is 5.96. The van der Waals surface area contributed by atoms with Crippen LogP contribution in [0.1, 0.15) is 42.9 Å². The molecule has 1 aliphatic heterocycles. The summed E-state index contributed by atoms with van der Waals surface area (Å²) in [6.45, 7) is -1.84. The summed E-state index contributed by atoms with van der Waals surface area (Å²) >= 11 is 12.6. The van der Waals surface area contributed by atoms with Gasteiger partial charge >= 0.3 is 12.6 Å². The lowest BCUT2D eigenvalue weighted by Crippen LogP contribution is -2.33. The molecule has 33 heavy (non-hydrogen) atoms. The zero-order chi connectivity index (χ0) is 23.4. The van der Waals surface area contributed by atoms with Crippen LogP contribution in [0.15, 0.2) is 30.6 Å². The summed E-state index contributed by atoms with van der Waals surface area (Å²) in [5, 5.41) is 3.79. The number of alkyl halides is 2. The molecule has 0 amide bonds. The second-order valence-corrected chi connectivity index (χ2v) is 9.01. The Morgan fingerprint density at radius 3 is 2.55 bits per heavy atom. The summed E-state index contributed by atoms with van der Waals surface area (Å²) in [7, 11) is 0. The van der Waals surface area contributed by atoms with Gasteiger partial charge < -0.3 is 19.5 Å². The van der Waals surface area contributed by atoms with Crippen molar-refractivity contribution in [2.75, 3.05) is 13.2 Å². The highest BCUT2D eigenvalue weighted by molar-refractivity contribution is 6.35. The van der Waals surface area contributed by atoms with Gasteiger partial charge in [0.2, 0.25) is 0 Å². The van der Waals surface area contributed by atoms with E-state index in [-0.39, 0.29) is 17.9 Å². The van der Waals surface area contributed by atoms with Crippen molar-refractivity contribution < 1.29 is 27.8 Å². The predicted octanol–water partition coefficient (Wildman–Crippen LogP) is 5.36. The molecule has 0 radical (unpaired) electrons. The first-order valence-electron chi connectivity index (χ1n) is 10.8. The van der Waals surface area contributed by atoms with E-state index in [4.69, 9.17) is 32.7 Å². The highest BCUT2D eigenvalue weighted by atomic mass is 35.5. The molecule has 2 heterocycles. The maximum atomic E-state index is 12.9. The molecule has 1 N–H and O–H groups in total. The highest BCUT2D eigenvalue weighted by Crippen LogP contribution is 2.38. The van der Waals surface area contributed by atoms with Crippen LogP contribution in [0, 0.1) is 5.92 Å². The van der Waals surface area contributed by atoms with Crippen LogP contribution < -0.4 is 14.8 Å². The Bertz CT molecular complexity index is 965. The van der Waals surface area contributed by atoms with E-state index >= 15 is 0 Å². The van der Waals surface area contributed by atoms with Gasteiger partial charge in [0.25, 0.3) is 0 Å². The fraction of sp³-hybridized carbons (Fsp3) is 0.478. The third-order valence-corrected chi connectivity index (χ3v) is 6.32. The van der Waals surface area contributed by atoms with Crippen molar-refractivity contribution in [3.8, 4) is 11.5 Å². The summed E-state index contributed by atoms with van der Waals surface area (Å²) in [4.78, 5) is 16.8. The predicted molar refractivity (Wildman–Crippen MR) is 119 cm³/mol. The van der Waals surface area contributed by atoms with Crippen molar-refractivity contribution in [2.45, 2.75) is 50.9 Å². The van der Waals surface area contributed by atoms with Crippen LogP contribution in [0.3, 0.4) is 0 Å². The molecule has 2 fully saturated rings. The van der Waals surface area contributed by atoms with Crippen molar-refractivity contribution in [3.63, 3.8) is 0 Å². The van der Waals surface area contributed by atoms with E-state index in [1.807, 2.05) is 0 Å². The van der Waals surface area contributed by atoms with Gasteiger partial charge in [0.15, 0.2) is 11.5 Å². The quantitative estimate of drug-likeness (QED) is 0.443. The SMILES string of the molecule is O=C(O[C@@H](Cc1c(Cl)cncc1Cl)c1ccc(OC(F)F)c(OCC2CC2)c1)[C@@H]1CCCN1. The summed E-state index contributed by atoms with van der Waals surface area (Å²) in [6, 6.07) is 4.14. The van der Waals surface area contributed by atoms with Crippen molar-refractivity contribution in [1.82, 2.24) is 10.3 Å². The average Bonchev–Trinajstić information content (AvgIpc) is 3.44. The van der Waals surface area contributed by atoms with E-state index in [1.54, 1.807) is 12.1 Å². The lowest BCUT2D eigenvalue weighted by atomic mass is 10.0. The van der Waals surface area contributed by atoms with Gasteiger partial charge in [-0.2, -0.15) is 8.78 Å². The molecule has 1 saturated carbocycles. The van der Waals surface area contributed by atoms with E-state index in [0.29, 0.717) is 40.1 Å². The maximum absolute atomic E-state index is 12.9. The molecule has 1 aromatic carbocycles. The van der Waals surface area contributed by atoms with E-state index in [1.165, 1.54) is 18.5 Å². The standard InChI is InChI=1S/C23H24Cl2F2N2O4/c24-16-10-28-11-17(25)15(16)9-20(32-22(30)18-2-1-7-29-18)14-5-6-19(33-23(26)27)21(8-14)31-12-13-3-4-13/h5-6,8,10-11,13,18,20,23,29H,1-4,7,9,12H2/t18-,20-/m0/s1. The minimum absolute atomic E-state index is 0.0723. The van der Waals surface area contributed by atoms with Gasteiger partial charge in [-0.05, 0) is 61.4 Å². The normalized spacial score (nSPS) is 18.9. The zero-order valence-corrected chi connectivity index (χ0v) is 19.2. The molecule has 6 nitrogen and oxygen atoms in total. The van der Waals surface area contributed by atoms with Gasteiger partial charge in [-0.15, -0.1) is 0 Å². The molecule has 1 aromatic heterocycles. The Morgan fingerprint density at radius 1 is 1.15 bits per heavy atom. The molecule has 178 valence electrons. The molecular formula is C23H24Cl2F2N2O4. The number of benzene rings is 1. The number of ether oxygens (including phenoxy) is 3. The van der Waals surface area contributed by atoms with Gasteiger partial charge in [-0.3, -0.25) is 9.78 Å². The van der Waals surface area contributed by atoms with Crippen LogP contribution in [-0.2, 0) is 16.0 Å². The van der Waals surface area contributed by atoms with Gasteiger partial charge in [0, 0.05) is 18.8 Å². The van der Waals surface area contributed by atoms with E-state index in [9.17, 15) is 13.6 Å². The van der Waals surface area contributed by atoms with Crippen LogP contribution in [0.2, 0.25) is 10.0 Å². The second kappa shape index (κ2) is 10.8. The second-order valence-electron chi connectivity index (χ2n) is 8.20. The third-order valence-electron chi connectivity index (χ3n) is 5.67. The monoisotopic (exact) mass is 500 g/mol. The summed E-state index contributed by atoms with van der Waals surface area (Å²) < 4.78 is 42.1. The number of hydrogen-bond acceptors (Lipinski definition) is 6. The number of aromatic nitrogens is 1. The number of halogens is 4. The van der Waals surface area contributed by atoms with Crippen LogP contribution in [0.4, 0.5) is 8.78 Å². The Morgan fingerprint density at radius 2 is 1.91 bits per heavy atom. The molecule has 0 bridgehead atoms. The van der Waals surface area contributed by atoms with Gasteiger partial charge in [-0.25, -0.2) is 0 Å². The third kappa shape index (κ3) is 6.46. The number of carbonyl (C=O) groups excluding carboxylic acids is 1. The molecule has 10 heteroatoms. The van der Waals surface area contributed by atoms with Crippen LogP contribution in [0.5, 0.6) is 11.5 Å². The first-order chi connectivity index (χ1) is 15.9. The Balaban J connectivity index is 1.63. The molecular weight excluding hydrogens is 477 g/mol. The van der Waals surface area contributed by atoms with Crippen molar-refractivity contribution in [3.05, 3.63) is 51.8 Å². The van der Waals surface area contributed by atoms with E-state index in [0.717, 1.165) is 25.8 Å². The first-order valence-corrected chi connectivity index (χ1v) is 11.6. The smallest absolute Gasteiger partial charge is 0.387 e. The van der Waals surface area contributed by atoms with E-state index < -0.39 is 24.7 Å². The average molecular weight is 501 g/mol. The van der Waals surface area contributed by atoms with Gasteiger partial charge in [-0.1, -0.05) is 29.3 Å². The van der Waals surface area contributed by atoms with Crippen molar-refractivity contribution in [2.24, 2.45) is 5.92 Å². The Labute approximate surface area is 200 Å². The minimum Gasteiger partial charge on any atom is -0.489 e. The number of nitrogens with one attached hydrogen (secondary N) is 1. The van der Waals surface area contributed by atoms with Gasteiger partial charge in [0.1, 0.15) is 12.1 Å². The number of hydrogen-bond donors (Lipinski definition) is 1. The maximum Gasteiger partial charge on any atom is 0.387 e. The fourth-order valence-corrected chi connectivity index (χ4v) is 4.20. The number of carbonyl (C=O) groups is 1. The topological polar surface area (TPSA) is 69.7 Å². The lowest BCUT2D eigenvalue weighted by molar-refractivity contribution is -0.151. The van der Waals surface area contributed by atoms with Crippen LogP contribution in [-0.4, -0.2) is 36.8 Å². The lowest BCUT2D eigenvalue weighted by Gasteiger charge is -2.23. The molecule has 1 aliphatic carbocycles. The molecule has 0 unspecified atom stereocenters. The number of rotatable bonds is 10. The number of pyridine rings is 1. The molecule has 1 saturated heterocycles. The molecule has 4 rings (SSSR count). The fourth-order valence-electron chi connectivity index (χ4n) is 3.68. The molecule has 2 aromatic rings. The zero-order valence-electron chi connectivity index (χ0n) is 17.7. The van der Waals surface area contributed by atoms with Gasteiger partial charge in [0.05, 0.1) is 16.7 Å². The van der Waals surface area contributed by atoms with E-state index in [2.05, 4.69) is 15.0 Å². The summed E-state index contributed by atoms with van der Waals surface area (Å²) in [5.74, 6) is 0.111. The number of nitrogens with zero attached hydrogens (tertiary/aromatic N) is 1. The van der Waals surface area contributed by atoms with Crippen LogP contribution in [0.25, 0.3) is 0 Å². The van der Waals surface area contributed by atoms with Crippen LogP contribution >= 0.6 is 23.2 Å². The summed E-state index contributed by atoms with van der Waals surface area (Å²) in [5.41, 5.74) is 1.12. The van der Waals surface area contributed by atoms with Crippen molar-refractivity contribution in [1.29, 1.82) is 0 Å². The highest BCUT2D eigenvalue weighted by Gasteiger charge is 2.29. The first kappa shape index (κ1) is 24.0. The largest absolute Gasteiger partial charge is 0.489 e.